The van der Waals surface area contributed by atoms with Gasteiger partial charge in [0.05, 0.1) is 17.3 Å². The van der Waals surface area contributed by atoms with Crippen molar-refractivity contribution in [2.45, 2.75) is 115 Å². The van der Waals surface area contributed by atoms with Gasteiger partial charge in [-0.05, 0) is 74.7 Å². The lowest BCUT2D eigenvalue weighted by Gasteiger charge is -2.61. The fourth-order valence-electron chi connectivity index (χ4n) is 10.5. The summed E-state index contributed by atoms with van der Waals surface area (Å²) in [7, 11) is 0. The van der Waals surface area contributed by atoms with Crippen LogP contribution >= 0.6 is 11.8 Å². The minimum Gasteiger partial charge on any atom is -0.477 e. The quantitative estimate of drug-likeness (QED) is 0.303. The number of aromatic carboxylic acids is 1. The van der Waals surface area contributed by atoms with Gasteiger partial charge in [-0.15, -0.1) is 0 Å². The SMILES string of the molecule is CS[C@]1(C)C[C@@H](OC(=O)NC(=O)OC2CCN(c3cc4c(cc3F)c(=O)c(C(=O)O)cn4C3CC3)CC2)[C@@]2(C)C3C(=O)CCC3(CC[C@H]2C)[C@@H](C)[C@@H]1O. The monoisotopic (exact) mass is 755 g/mol. The Kier molecular flexibility index (Phi) is 9.65. The number of ether oxygens (including phenoxy) is 2. The highest BCUT2D eigenvalue weighted by atomic mass is 32.2. The molecule has 1 aliphatic heterocycles. The zero-order valence-corrected chi connectivity index (χ0v) is 31.8. The minimum absolute atomic E-state index is 0.0177. The number of pyridine rings is 1. The van der Waals surface area contributed by atoms with Crippen molar-refractivity contribution in [3.05, 3.63) is 39.9 Å². The molecule has 5 fully saturated rings. The molecular formula is C39H50FN3O9S. The second kappa shape index (κ2) is 13.6. The van der Waals surface area contributed by atoms with Gasteiger partial charge in [-0.25, -0.2) is 24.1 Å². The number of piperidine rings is 1. The molecule has 53 heavy (non-hydrogen) atoms. The first kappa shape index (κ1) is 37.7. The van der Waals surface area contributed by atoms with Gasteiger partial charge in [-0.2, -0.15) is 11.8 Å². The largest absolute Gasteiger partial charge is 0.477 e. The highest BCUT2D eigenvalue weighted by molar-refractivity contribution is 8.00. The molecule has 14 heteroatoms. The Hall–Kier alpha value is -3.65. The van der Waals surface area contributed by atoms with E-state index in [1.54, 1.807) is 15.5 Å². The number of nitrogens with one attached hydrogen (secondary N) is 1. The molecule has 288 valence electrons. The molecule has 7 rings (SSSR count). The number of aromatic nitrogens is 1. The van der Waals surface area contributed by atoms with Crippen molar-refractivity contribution in [3.63, 3.8) is 0 Å². The number of carboxylic acid groups (broad SMARTS) is 1. The van der Waals surface area contributed by atoms with E-state index in [-0.39, 0.29) is 40.7 Å². The standard InChI is InChI=1S/C39H50FN3O9S/c1-20-8-12-39-13-9-29(44)32(39)38(20,4)30(18-37(3,53-5)33(46)21(39)2)52-36(50)41-35(49)51-23-10-14-42(15-11-23)28-17-27-24(16-26(28)40)31(45)25(34(47)48)19-43(27)22-6-7-22/h16-17,19-23,30,32-33,46H,6-15,18H2,1-5H3,(H,47,48)(H,41,49,50)/t20-,21+,30-,32?,33+,37-,38+,39?/m1/s1. The van der Waals surface area contributed by atoms with Crippen LogP contribution in [0.1, 0.15) is 102 Å². The lowest BCUT2D eigenvalue weighted by molar-refractivity contribution is -0.178. The second-order valence-electron chi connectivity index (χ2n) is 16.6. The Morgan fingerprint density at radius 2 is 1.68 bits per heavy atom. The number of rotatable bonds is 6. The molecule has 4 saturated carbocycles. The van der Waals surface area contributed by atoms with Crippen molar-refractivity contribution in [2.24, 2.45) is 28.6 Å². The van der Waals surface area contributed by atoms with Gasteiger partial charge in [0.2, 0.25) is 5.43 Å². The van der Waals surface area contributed by atoms with Crippen LogP contribution in [0, 0.1) is 34.4 Å². The van der Waals surface area contributed by atoms with Crippen molar-refractivity contribution in [3.8, 4) is 0 Å². The Balaban J connectivity index is 1.02. The number of hydrogen-bond donors (Lipinski definition) is 3. The molecule has 5 aliphatic rings. The Bertz CT molecular complexity index is 1910. The summed E-state index contributed by atoms with van der Waals surface area (Å²) in [5.41, 5.74) is -1.47. The summed E-state index contributed by atoms with van der Waals surface area (Å²) >= 11 is 1.53. The molecule has 0 radical (unpaired) electrons. The maximum absolute atomic E-state index is 15.5. The van der Waals surface area contributed by atoms with Crippen molar-refractivity contribution >= 4 is 52.3 Å². The smallest absolute Gasteiger partial charge is 0.416 e. The van der Waals surface area contributed by atoms with Crippen LogP contribution in [0.25, 0.3) is 10.9 Å². The number of amides is 2. The summed E-state index contributed by atoms with van der Waals surface area (Å²) in [6.07, 6.45) is 4.79. The van der Waals surface area contributed by atoms with Crippen LogP contribution in [0.5, 0.6) is 0 Å². The second-order valence-corrected chi connectivity index (χ2v) is 18.0. The van der Waals surface area contributed by atoms with Gasteiger partial charge in [0.25, 0.3) is 0 Å². The molecule has 2 unspecified atom stereocenters. The first-order valence-electron chi connectivity index (χ1n) is 18.8. The van der Waals surface area contributed by atoms with Gasteiger partial charge in [-0.3, -0.25) is 9.59 Å². The fraction of sp³-hybridized carbons (Fsp3) is 0.667. The van der Waals surface area contributed by atoms with Gasteiger partial charge in [0.15, 0.2) is 0 Å². The van der Waals surface area contributed by atoms with E-state index in [0.29, 0.717) is 50.7 Å². The van der Waals surface area contributed by atoms with E-state index >= 15 is 4.39 Å². The van der Waals surface area contributed by atoms with Crippen LogP contribution < -0.4 is 15.6 Å². The Morgan fingerprint density at radius 3 is 2.32 bits per heavy atom. The lowest BCUT2D eigenvalue weighted by Crippen LogP contribution is -2.64. The van der Waals surface area contributed by atoms with Crippen LogP contribution in [0.15, 0.2) is 23.1 Å². The fourth-order valence-corrected chi connectivity index (χ4v) is 11.2. The highest BCUT2D eigenvalue weighted by Gasteiger charge is 2.68. The average Bonchev–Trinajstić information content (AvgIpc) is 3.90. The van der Waals surface area contributed by atoms with Crippen LogP contribution in [0.3, 0.4) is 0 Å². The summed E-state index contributed by atoms with van der Waals surface area (Å²) in [5.74, 6) is -2.28. The molecule has 2 amide bonds. The van der Waals surface area contributed by atoms with Gasteiger partial charge in [0, 0.05) is 72.5 Å². The van der Waals surface area contributed by atoms with Crippen LogP contribution in [0.2, 0.25) is 0 Å². The molecule has 2 aromatic rings. The van der Waals surface area contributed by atoms with E-state index < -0.39 is 68.9 Å². The van der Waals surface area contributed by atoms with E-state index in [4.69, 9.17) is 9.47 Å². The number of anilines is 1. The van der Waals surface area contributed by atoms with Gasteiger partial charge in [0.1, 0.15) is 29.4 Å². The third-order valence-electron chi connectivity index (χ3n) is 14.0. The van der Waals surface area contributed by atoms with E-state index in [2.05, 4.69) is 19.2 Å². The summed E-state index contributed by atoms with van der Waals surface area (Å²) in [6.45, 7) is 8.86. The molecule has 12 nitrogen and oxygen atoms in total. The molecule has 1 saturated heterocycles. The number of Topliss-reactive ketones (excluding diaryl/α,β-unsaturated/α-hetero) is 1. The number of hydrogen-bond acceptors (Lipinski definition) is 10. The van der Waals surface area contributed by atoms with Crippen molar-refractivity contribution in [1.29, 1.82) is 0 Å². The predicted molar refractivity (Wildman–Crippen MR) is 197 cm³/mol. The number of fused-ring (bicyclic) bond motifs is 1. The maximum atomic E-state index is 15.5. The van der Waals surface area contributed by atoms with Crippen LogP contribution in [-0.2, 0) is 14.3 Å². The lowest BCUT2D eigenvalue weighted by atomic mass is 9.45. The first-order chi connectivity index (χ1) is 25.0. The predicted octanol–water partition coefficient (Wildman–Crippen LogP) is 6.30. The number of thioether (sulfide) groups is 1. The normalized spacial score (nSPS) is 34.6. The number of aliphatic hydroxyl groups is 1. The van der Waals surface area contributed by atoms with Crippen molar-refractivity contribution < 1.29 is 43.3 Å². The Morgan fingerprint density at radius 1 is 1.00 bits per heavy atom. The number of benzene rings is 1. The van der Waals surface area contributed by atoms with E-state index in [1.807, 2.05) is 20.1 Å². The number of alkyl carbamates (subject to hydrolysis) is 2. The van der Waals surface area contributed by atoms with Crippen molar-refractivity contribution in [1.82, 2.24) is 9.88 Å². The number of nitrogens with zero attached hydrogens (tertiary/aromatic N) is 2. The molecule has 2 bridgehead atoms. The number of imide groups is 1. The van der Waals surface area contributed by atoms with Gasteiger partial charge < -0.3 is 29.2 Å². The zero-order chi connectivity index (χ0) is 38.2. The van der Waals surface area contributed by atoms with E-state index in [0.717, 1.165) is 31.7 Å². The molecular weight excluding hydrogens is 706 g/mol. The number of aliphatic hydroxyl groups excluding tert-OH is 1. The number of halogens is 1. The summed E-state index contributed by atoms with van der Waals surface area (Å²) in [4.78, 5) is 66.5. The zero-order valence-electron chi connectivity index (χ0n) is 31.0. The molecule has 0 spiro atoms. The topological polar surface area (TPSA) is 164 Å². The van der Waals surface area contributed by atoms with Crippen LogP contribution in [-0.4, -0.2) is 81.1 Å². The van der Waals surface area contributed by atoms with E-state index in [9.17, 15) is 34.2 Å². The van der Waals surface area contributed by atoms with Gasteiger partial charge >= 0.3 is 18.2 Å². The molecule has 8 atom stereocenters. The summed E-state index contributed by atoms with van der Waals surface area (Å²) < 4.78 is 28.3. The number of carbonyl (C=O) groups is 4. The highest BCUT2D eigenvalue weighted by Crippen LogP contribution is 2.67. The van der Waals surface area contributed by atoms with Gasteiger partial charge in [-0.1, -0.05) is 20.8 Å². The summed E-state index contributed by atoms with van der Waals surface area (Å²) in [6, 6.07) is 2.74. The number of carbonyl (C=O) groups excluding carboxylic acids is 3. The first-order valence-corrected chi connectivity index (χ1v) is 20.1. The van der Waals surface area contributed by atoms with E-state index in [1.165, 1.54) is 18.0 Å². The minimum atomic E-state index is -1.35. The third-order valence-corrected chi connectivity index (χ3v) is 15.3. The van der Waals surface area contributed by atoms with Crippen molar-refractivity contribution in [2.75, 3.05) is 24.2 Å². The molecule has 2 heterocycles. The Labute approximate surface area is 312 Å². The van der Waals surface area contributed by atoms with Crippen LogP contribution in [0.4, 0.5) is 19.7 Å². The molecule has 4 aliphatic carbocycles. The molecule has 3 N–H and O–H groups in total. The summed E-state index contributed by atoms with van der Waals surface area (Å²) in [5, 5.41) is 23.6. The third kappa shape index (κ3) is 6.21. The average molecular weight is 756 g/mol. The molecule has 1 aromatic heterocycles. The number of carboxylic acids is 1. The maximum Gasteiger partial charge on any atom is 0.416 e. The number of ketones is 1. The molecule has 1 aromatic carbocycles.